The molecule has 3 heterocycles. The van der Waals surface area contributed by atoms with E-state index in [4.69, 9.17) is 15.0 Å². The van der Waals surface area contributed by atoms with Crippen LogP contribution in [0.3, 0.4) is 0 Å². The molecule has 0 amide bonds. The van der Waals surface area contributed by atoms with Gasteiger partial charge >= 0.3 is 0 Å². The molecule has 1 unspecified atom stereocenters. The van der Waals surface area contributed by atoms with Crippen molar-refractivity contribution in [2.75, 3.05) is 0 Å². The van der Waals surface area contributed by atoms with E-state index >= 15 is 0 Å². The molecule has 1 spiro atoms. The molecule has 1 aliphatic heterocycles. The number of pyridine rings is 1. The zero-order valence-corrected chi connectivity index (χ0v) is 35.0. The number of hydrogen-bond acceptors (Lipinski definition) is 6. The maximum absolute atomic E-state index is 14.3. The Kier molecular flexibility index (Phi) is 7.81. The third-order valence-corrected chi connectivity index (χ3v) is 15.1. The van der Waals surface area contributed by atoms with E-state index in [0.717, 1.165) is 94.6 Å². The molecule has 2 aliphatic carbocycles. The average molecular weight is 839 g/mol. The summed E-state index contributed by atoms with van der Waals surface area (Å²) in [6.45, 7) is 0. The van der Waals surface area contributed by atoms with E-state index in [0.29, 0.717) is 27.3 Å². The molecule has 0 saturated heterocycles. The third-order valence-electron chi connectivity index (χ3n) is 13.2. The Morgan fingerprint density at radius 1 is 0.344 bits per heavy atom. The Bertz CT molecular complexity index is 3680. The molecule has 0 radical (unpaired) electrons. The first-order valence-electron chi connectivity index (χ1n) is 21.3. The maximum Gasteiger partial charge on any atom is 0.207 e. The van der Waals surface area contributed by atoms with Gasteiger partial charge in [0.15, 0.2) is 17.5 Å². The van der Waals surface area contributed by atoms with Crippen molar-refractivity contribution in [3.63, 3.8) is 0 Å². The van der Waals surface area contributed by atoms with Crippen LogP contribution in [0.1, 0.15) is 22.3 Å². The Morgan fingerprint density at radius 2 is 0.875 bits per heavy atom. The fourth-order valence-electron chi connectivity index (χ4n) is 10.5. The summed E-state index contributed by atoms with van der Waals surface area (Å²) < 4.78 is 28.6. The van der Waals surface area contributed by atoms with Crippen LogP contribution in [0.4, 0.5) is 0 Å². The van der Waals surface area contributed by atoms with Crippen LogP contribution >= 0.6 is 0 Å². The smallest absolute Gasteiger partial charge is 0.207 e. The first-order chi connectivity index (χ1) is 31.5. The van der Waals surface area contributed by atoms with Gasteiger partial charge in [-0.1, -0.05) is 170 Å². The maximum atomic E-state index is 14.3. The van der Waals surface area contributed by atoms with Crippen molar-refractivity contribution in [3.05, 3.63) is 229 Å². The first kappa shape index (κ1) is 36.5. The van der Waals surface area contributed by atoms with Gasteiger partial charge in [0.05, 0.1) is 15.2 Å². The van der Waals surface area contributed by atoms with Crippen molar-refractivity contribution >= 4 is 9.84 Å². The molecular formula is C57H34N4O2S. The van der Waals surface area contributed by atoms with E-state index in [9.17, 15) is 8.42 Å². The zero-order chi connectivity index (χ0) is 42.6. The molecule has 13 rings (SSSR count). The van der Waals surface area contributed by atoms with E-state index < -0.39 is 15.3 Å². The Labute approximate surface area is 370 Å². The van der Waals surface area contributed by atoms with Crippen molar-refractivity contribution < 1.29 is 8.42 Å². The van der Waals surface area contributed by atoms with Crippen LogP contribution in [0.15, 0.2) is 216 Å². The first-order valence-corrected chi connectivity index (χ1v) is 22.8. The van der Waals surface area contributed by atoms with Crippen LogP contribution in [0.5, 0.6) is 0 Å². The fraction of sp³-hybridized carbons (Fsp3) is 0.0175. The molecule has 300 valence electrons. The van der Waals surface area contributed by atoms with Gasteiger partial charge in [0.2, 0.25) is 9.84 Å². The van der Waals surface area contributed by atoms with Crippen molar-refractivity contribution in [3.8, 4) is 89.8 Å². The standard InChI is InChI=1S/C57H34N4O2S/c62-64(63)50-23-11-8-20-45(50)53-51(64)31-30-48-52(53)44-19-7-10-22-47(44)57(48)46-21-9-6-18-42(46)40-16-4-5-17-41(40)43-29-28-38(33-49(43)57)56-60-54(36-13-2-1-3-14-36)59-55(61-56)37-26-24-35(25-27-37)39-15-12-32-58-34-39/h1-34H. The average Bonchev–Trinajstić information content (AvgIpc) is 3.75. The topological polar surface area (TPSA) is 85.7 Å². The molecule has 1 atom stereocenters. The van der Waals surface area contributed by atoms with E-state index in [1.807, 2.05) is 72.9 Å². The van der Waals surface area contributed by atoms with Gasteiger partial charge in [0.1, 0.15) is 0 Å². The number of hydrogen-bond donors (Lipinski definition) is 0. The molecular weight excluding hydrogens is 805 g/mol. The quantitative estimate of drug-likeness (QED) is 0.175. The predicted octanol–water partition coefficient (Wildman–Crippen LogP) is 12.8. The van der Waals surface area contributed by atoms with E-state index in [1.54, 1.807) is 12.3 Å². The molecule has 0 saturated carbocycles. The van der Waals surface area contributed by atoms with Crippen molar-refractivity contribution in [1.29, 1.82) is 0 Å². The van der Waals surface area contributed by atoms with Gasteiger partial charge in [-0.2, -0.15) is 0 Å². The second-order valence-electron chi connectivity index (χ2n) is 16.5. The van der Waals surface area contributed by atoms with Crippen LogP contribution in [0.2, 0.25) is 0 Å². The highest BCUT2D eigenvalue weighted by Gasteiger charge is 2.52. The largest absolute Gasteiger partial charge is 0.264 e. The fourth-order valence-corrected chi connectivity index (χ4v) is 12.2. The molecule has 10 aromatic rings. The Morgan fingerprint density at radius 3 is 1.58 bits per heavy atom. The molecule has 0 fully saturated rings. The van der Waals surface area contributed by atoms with E-state index in [1.165, 1.54) is 0 Å². The van der Waals surface area contributed by atoms with E-state index in [-0.39, 0.29) is 0 Å². The summed E-state index contributed by atoms with van der Waals surface area (Å²) in [5.41, 5.74) is 16.0. The number of aromatic nitrogens is 4. The SMILES string of the molecule is O=S1(=O)c2ccccc2-c2c1ccc1c2-c2ccccc2C12c1ccccc1-c1ccccc1-c1ccc(-c3nc(-c4ccccc4)nc(-c4ccc(-c5cccnc5)cc4)n3)cc12. The van der Waals surface area contributed by atoms with Crippen molar-refractivity contribution in [1.82, 2.24) is 19.9 Å². The third kappa shape index (κ3) is 5.10. The van der Waals surface area contributed by atoms with Gasteiger partial charge in [0, 0.05) is 40.2 Å². The summed E-state index contributed by atoms with van der Waals surface area (Å²) in [5.74, 6) is 1.68. The van der Waals surface area contributed by atoms with Crippen LogP contribution in [-0.4, -0.2) is 28.4 Å². The normalized spacial score (nSPS) is 15.5. The lowest BCUT2D eigenvalue weighted by molar-refractivity contribution is 0.598. The van der Waals surface area contributed by atoms with Crippen LogP contribution in [0, 0.1) is 0 Å². The molecule has 6 nitrogen and oxygen atoms in total. The minimum atomic E-state index is -3.74. The number of fused-ring (bicyclic) bond motifs is 16. The molecule has 7 heteroatoms. The van der Waals surface area contributed by atoms with Crippen molar-refractivity contribution in [2.24, 2.45) is 0 Å². The second kappa shape index (κ2) is 13.7. The molecule has 8 aromatic carbocycles. The summed E-state index contributed by atoms with van der Waals surface area (Å²) in [6.07, 6.45) is 3.64. The molecule has 3 aliphatic rings. The number of nitrogens with zero attached hydrogens (tertiary/aromatic N) is 4. The number of benzene rings is 8. The van der Waals surface area contributed by atoms with E-state index in [2.05, 4.69) is 126 Å². The molecule has 0 N–H and O–H groups in total. The lowest BCUT2D eigenvalue weighted by Gasteiger charge is -2.35. The summed E-state index contributed by atoms with van der Waals surface area (Å²) in [4.78, 5) is 20.6. The summed E-state index contributed by atoms with van der Waals surface area (Å²) >= 11 is 0. The predicted molar refractivity (Wildman–Crippen MR) is 252 cm³/mol. The monoisotopic (exact) mass is 838 g/mol. The Balaban J connectivity index is 1.11. The number of sulfone groups is 1. The minimum absolute atomic E-state index is 0.345. The lowest BCUT2D eigenvalue weighted by atomic mass is 9.65. The van der Waals surface area contributed by atoms with Gasteiger partial charge in [-0.05, 0) is 91.0 Å². The highest BCUT2D eigenvalue weighted by Crippen LogP contribution is 2.64. The van der Waals surface area contributed by atoms with Crippen LogP contribution < -0.4 is 0 Å². The van der Waals surface area contributed by atoms with Gasteiger partial charge in [-0.15, -0.1) is 0 Å². The zero-order valence-electron chi connectivity index (χ0n) is 34.1. The summed E-state index contributed by atoms with van der Waals surface area (Å²) in [5, 5.41) is 0. The van der Waals surface area contributed by atoms with Gasteiger partial charge in [-0.25, -0.2) is 23.4 Å². The second-order valence-corrected chi connectivity index (χ2v) is 18.4. The number of rotatable bonds is 4. The van der Waals surface area contributed by atoms with Crippen molar-refractivity contribution in [2.45, 2.75) is 15.2 Å². The summed E-state index contributed by atoms with van der Waals surface area (Å²) in [6, 6.07) is 66.1. The minimum Gasteiger partial charge on any atom is -0.264 e. The molecule has 2 aromatic heterocycles. The van der Waals surface area contributed by atoms with Gasteiger partial charge in [0.25, 0.3) is 0 Å². The van der Waals surface area contributed by atoms with Crippen LogP contribution in [-0.2, 0) is 15.3 Å². The lowest BCUT2D eigenvalue weighted by Crippen LogP contribution is -2.29. The molecule has 0 bridgehead atoms. The Hall–Kier alpha value is -8.13. The van der Waals surface area contributed by atoms with Gasteiger partial charge < -0.3 is 0 Å². The molecule has 64 heavy (non-hydrogen) atoms. The van der Waals surface area contributed by atoms with Gasteiger partial charge in [-0.3, -0.25) is 4.98 Å². The highest BCUT2D eigenvalue weighted by atomic mass is 32.2. The highest BCUT2D eigenvalue weighted by molar-refractivity contribution is 7.92. The summed E-state index contributed by atoms with van der Waals surface area (Å²) in [7, 11) is -3.74. The van der Waals surface area contributed by atoms with Crippen LogP contribution in [0.25, 0.3) is 89.8 Å².